The van der Waals surface area contributed by atoms with Crippen molar-refractivity contribution in [2.75, 3.05) is 25.2 Å². The predicted octanol–water partition coefficient (Wildman–Crippen LogP) is 2.92. The number of pyridine rings is 1. The summed E-state index contributed by atoms with van der Waals surface area (Å²) in [4.78, 5) is 6.84. The zero-order valence-corrected chi connectivity index (χ0v) is 15.4. The van der Waals surface area contributed by atoms with E-state index in [2.05, 4.69) is 28.1 Å². The van der Waals surface area contributed by atoms with E-state index in [0.29, 0.717) is 11.7 Å². The number of phenolic OH excluding ortho intramolecular Hbond substituents is 1. The fourth-order valence-electron chi connectivity index (χ4n) is 3.61. The van der Waals surface area contributed by atoms with Crippen LogP contribution in [-0.2, 0) is 4.74 Å². The maximum absolute atomic E-state index is 10.00. The molecule has 0 bridgehead atoms. The van der Waals surface area contributed by atoms with Crippen molar-refractivity contribution >= 4 is 16.7 Å². The second-order valence-electron chi connectivity index (χ2n) is 6.79. The third kappa shape index (κ3) is 2.98. The summed E-state index contributed by atoms with van der Waals surface area (Å²) < 4.78 is 7.13. The highest BCUT2D eigenvalue weighted by molar-refractivity contribution is 5.85. The van der Waals surface area contributed by atoms with Crippen LogP contribution in [0, 0.1) is 18.3 Å². The first-order chi connectivity index (χ1) is 13.1. The molecule has 7 heteroatoms. The molecule has 1 aromatic carbocycles. The van der Waals surface area contributed by atoms with E-state index in [0.717, 1.165) is 48.5 Å². The number of phenols is 1. The Balaban J connectivity index is 1.78. The number of hydrogen-bond donors (Lipinski definition) is 1. The normalized spacial score (nSPS) is 15.0. The minimum absolute atomic E-state index is 0.0554. The number of anilines is 1. The van der Waals surface area contributed by atoms with Crippen LogP contribution in [0.5, 0.6) is 5.75 Å². The Bertz CT molecular complexity index is 1030. The molecule has 0 aliphatic carbocycles. The van der Waals surface area contributed by atoms with Gasteiger partial charge in [0, 0.05) is 31.7 Å². The summed E-state index contributed by atoms with van der Waals surface area (Å²) in [7, 11) is 2.06. The minimum atomic E-state index is -0.0554. The third-order valence-electron chi connectivity index (χ3n) is 5.20. The van der Waals surface area contributed by atoms with Crippen molar-refractivity contribution in [1.82, 2.24) is 14.8 Å². The van der Waals surface area contributed by atoms with Crippen LogP contribution in [0.15, 0.2) is 30.5 Å². The molecule has 0 amide bonds. The molecule has 1 aliphatic rings. The van der Waals surface area contributed by atoms with Crippen LogP contribution in [0.2, 0.25) is 0 Å². The number of nitriles is 1. The number of fused-ring (bicyclic) bond motifs is 1. The molecule has 1 aliphatic heterocycles. The lowest BCUT2D eigenvalue weighted by atomic mass is 10.1. The van der Waals surface area contributed by atoms with Crippen molar-refractivity contribution in [3.63, 3.8) is 0 Å². The SMILES string of the molecule is Cc1nn(-c2cccc(O)c2C#N)c2cnc(N(C)C3CCOCC3)cc12. The van der Waals surface area contributed by atoms with Crippen molar-refractivity contribution in [2.45, 2.75) is 25.8 Å². The summed E-state index contributed by atoms with van der Waals surface area (Å²) in [5.74, 6) is 0.841. The van der Waals surface area contributed by atoms with Crippen LogP contribution in [-0.4, -0.2) is 46.2 Å². The Morgan fingerprint density at radius 1 is 1.33 bits per heavy atom. The van der Waals surface area contributed by atoms with Gasteiger partial charge in [0.1, 0.15) is 23.2 Å². The van der Waals surface area contributed by atoms with E-state index >= 15 is 0 Å². The molecule has 1 N–H and O–H groups in total. The summed E-state index contributed by atoms with van der Waals surface area (Å²) in [5, 5.41) is 25.0. The lowest BCUT2D eigenvalue weighted by molar-refractivity contribution is 0.0853. The molecule has 0 atom stereocenters. The highest BCUT2D eigenvalue weighted by Crippen LogP contribution is 2.29. The van der Waals surface area contributed by atoms with Gasteiger partial charge in [0.05, 0.1) is 23.1 Å². The van der Waals surface area contributed by atoms with Gasteiger partial charge in [-0.2, -0.15) is 10.4 Å². The highest BCUT2D eigenvalue weighted by atomic mass is 16.5. The van der Waals surface area contributed by atoms with Crippen molar-refractivity contribution in [1.29, 1.82) is 5.26 Å². The monoisotopic (exact) mass is 363 g/mol. The summed E-state index contributed by atoms with van der Waals surface area (Å²) in [6, 6.07) is 9.48. The molecule has 1 fully saturated rings. The van der Waals surface area contributed by atoms with Crippen molar-refractivity contribution < 1.29 is 9.84 Å². The molecule has 7 nitrogen and oxygen atoms in total. The van der Waals surface area contributed by atoms with E-state index in [-0.39, 0.29) is 11.3 Å². The average Bonchev–Trinajstić information content (AvgIpc) is 3.04. The van der Waals surface area contributed by atoms with Crippen LogP contribution >= 0.6 is 0 Å². The predicted molar refractivity (Wildman–Crippen MR) is 102 cm³/mol. The molecule has 3 aromatic rings. The summed E-state index contributed by atoms with van der Waals surface area (Å²) >= 11 is 0. The number of aromatic hydroxyl groups is 1. The fraction of sp³-hybridized carbons (Fsp3) is 0.350. The smallest absolute Gasteiger partial charge is 0.135 e. The maximum Gasteiger partial charge on any atom is 0.135 e. The van der Waals surface area contributed by atoms with Crippen LogP contribution in [0.25, 0.3) is 16.6 Å². The molecule has 138 valence electrons. The zero-order chi connectivity index (χ0) is 19.0. The van der Waals surface area contributed by atoms with Crippen molar-refractivity contribution in [2.24, 2.45) is 0 Å². The van der Waals surface area contributed by atoms with Gasteiger partial charge in [-0.05, 0) is 38.0 Å². The topological polar surface area (TPSA) is 87.2 Å². The van der Waals surface area contributed by atoms with Gasteiger partial charge in [0.15, 0.2) is 0 Å². The summed E-state index contributed by atoms with van der Waals surface area (Å²) in [6.45, 7) is 3.50. The first-order valence-electron chi connectivity index (χ1n) is 8.98. The molecule has 4 rings (SSSR count). The molecule has 1 saturated heterocycles. The van der Waals surface area contributed by atoms with E-state index in [4.69, 9.17) is 4.74 Å². The Labute approximate surface area is 157 Å². The van der Waals surface area contributed by atoms with Gasteiger partial charge in [-0.15, -0.1) is 0 Å². The van der Waals surface area contributed by atoms with Gasteiger partial charge >= 0.3 is 0 Å². The van der Waals surface area contributed by atoms with Crippen LogP contribution in [0.1, 0.15) is 24.1 Å². The molecule has 2 aromatic heterocycles. The van der Waals surface area contributed by atoms with Crippen molar-refractivity contribution in [3.05, 3.63) is 41.7 Å². The van der Waals surface area contributed by atoms with E-state index in [1.807, 2.05) is 13.0 Å². The molecule has 3 heterocycles. The summed E-state index contributed by atoms with van der Waals surface area (Å²) in [6.07, 6.45) is 3.76. The highest BCUT2D eigenvalue weighted by Gasteiger charge is 2.21. The van der Waals surface area contributed by atoms with Crippen LogP contribution in [0.4, 0.5) is 5.82 Å². The second kappa shape index (κ2) is 6.89. The van der Waals surface area contributed by atoms with Crippen LogP contribution in [0.3, 0.4) is 0 Å². The molecule has 0 spiro atoms. The molecular weight excluding hydrogens is 342 g/mol. The van der Waals surface area contributed by atoms with E-state index in [1.54, 1.807) is 23.0 Å². The summed E-state index contributed by atoms with van der Waals surface area (Å²) in [5.41, 5.74) is 2.40. The number of rotatable bonds is 3. The van der Waals surface area contributed by atoms with E-state index < -0.39 is 0 Å². The number of aromatic nitrogens is 3. The number of benzene rings is 1. The first-order valence-corrected chi connectivity index (χ1v) is 8.98. The minimum Gasteiger partial charge on any atom is -0.506 e. The third-order valence-corrected chi connectivity index (χ3v) is 5.20. The Hall–Kier alpha value is -3.11. The Morgan fingerprint density at radius 2 is 2.11 bits per heavy atom. The molecule has 0 unspecified atom stereocenters. The van der Waals surface area contributed by atoms with Gasteiger partial charge in [-0.25, -0.2) is 9.67 Å². The molecule has 27 heavy (non-hydrogen) atoms. The van der Waals surface area contributed by atoms with E-state index in [9.17, 15) is 10.4 Å². The first kappa shape index (κ1) is 17.3. The van der Waals surface area contributed by atoms with Crippen molar-refractivity contribution in [3.8, 4) is 17.5 Å². The van der Waals surface area contributed by atoms with Gasteiger partial charge in [0.2, 0.25) is 0 Å². The van der Waals surface area contributed by atoms with Gasteiger partial charge in [-0.3, -0.25) is 0 Å². The molecular formula is C20H21N5O2. The largest absolute Gasteiger partial charge is 0.506 e. The standard InChI is InChI=1S/C20H21N5O2/c1-13-15-10-20(24(2)14-6-8-27-9-7-14)22-12-18(15)25(23-13)17-4-3-5-19(26)16(17)11-21/h3-5,10,12,14,26H,6-9H2,1-2H3. The second-order valence-corrected chi connectivity index (χ2v) is 6.79. The average molecular weight is 363 g/mol. The maximum atomic E-state index is 10.00. The van der Waals surface area contributed by atoms with E-state index in [1.165, 1.54) is 6.07 Å². The Kier molecular flexibility index (Phi) is 4.42. The molecule has 0 radical (unpaired) electrons. The number of aryl methyl sites for hydroxylation is 1. The number of nitrogens with zero attached hydrogens (tertiary/aromatic N) is 5. The lowest BCUT2D eigenvalue weighted by Gasteiger charge is -2.32. The number of ether oxygens (including phenoxy) is 1. The lowest BCUT2D eigenvalue weighted by Crippen LogP contribution is -2.37. The fourth-order valence-corrected chi connectivity index (χ4v) is 3.61. The van der Waals surface area contributed by atoms with Gasteiger partial charge in [0.25, 0.3) is 0 Å². The Morgan fingerprint density at radius 3 is 2.85 bits per heavy atom. The van der Waals surface area contributed by atoms with Gasteiger partial charge in [-0.1, -0.05) is 6.07 Å². The van der Waals surface area contributed by atoms with Gasteiger partial charge < -0.3 is 14.7 Å². The zero-order valence-electron chi connectivity index (χ0n) is 15.4. The number of hydrogen-bond acceptors (Lipinski definition) is 6. The molecule has 0 saturated carbocycles. The van der Waals surface area contributed by atoms with Crippen LogP contribution < -0.4 is 4.90 Å². The quantitative estimate of drug-likeness (QED) is 0.770.